The van der Waals surface area contributed by atoms with Crippen molar-refractivity contribution in [1.29, 1.82) is 0 Å². The summed E-state index contributed by atoms with van der Waals surface area (Å²) in [5, 5.41) is 35.3. The molecule has 12 heavy (non-hydrogen) atoms. The van der Waals surface area contributed by atoms with E-state index in [1.807, 2.05) is 0 Å². The van der Waals surface area contributed by atoms with Crippen molar-refractivity contribution >= 4 is 6.03 Å². The average Bonchev–Trinajstić information content (AvgIpc) is 2.25. The summed E-state index contributed by atoms with van der Waals surface area (Å²) in [4.78, 5) is 12.3. The highest BCUT2D eigenvalue weighted by Gasteiger charge is 2.43. The van der Waals surface area contributed by atoms with Crippen molar-refractivity contribution in [3.8, 4) is 0 Å². The third-order valence-electron chi connectivity index (χ3n) is 1.70. The van der Waals surface area contributed by atoms with Crippen molar-refractivity contribution in [2.75, 3.05) is 13.5 Å². The topological polar surface area (TPSA) is 104 Å². The molecule has 0 aromatic heterocycles. The van der Waals surface area contributed by atoms with E-state index in [2.05, 4.69) is 0 Å². The fourth-order valence-corrected chi connectivity index (χ4v) is 1.00. The minimum absolute atomic E-state index is 0.626. The van der Waals surface area contributed by atoms with Gasteiger partial charge in [0.25, 0.3) is 0 Å². The molecule has 0 bridgehead atoms. The summed E-state index contributed by atoms with van der Waals surface area (Å²) in [5.74, 6) is 0. The lowest BCUT2D eigenvalue weighted by Crippen LogP contribution is -2.37. The van der Waals surface area contributed by atoms with Gasteiger partial charge >= 0.3 is 6.03 Å². The highest BCUT2D eigenvalue weighted by atomic mass is 16.4. The normalized spacial score (nSPS) is 30.2. The molecule has 2 amide bonds. The van der Waals surface area contributed by atoms with Crippen LogP contribution in [0.1, 0.15) is 0 Å². The summed E-state index contributed by atoms with van der Waals surface area (Å²) in [6.45, 7) is -1.40. The minimum Gasteiger partial charge on any atom is -0.376 e. The van der Waals surface area contributed by atoms with Crippen LogP contribution in [0.15, 0.2) is 0 Å². The fourth-order valence-electron chi connectivity index (χ4n) is 1.00. The Labute approximate surface area is 68.1 Å². The first-order valence-corrected chi connectivity index (χ1v) is 3.28. The monoisotopic (exact) mass is 178 g/mol. The molecule has 1 saturated heterocycles. The van der Waals surface area contributed by atoms with Crippen LogP contribution in [0.5, 0.6) is 0 Å². The third kappa shape index (κ3) is 1.12. The zero-order chi connectivity index (χ0) is 9.30. The van der Waals surface area contributed by atoms with Gasteiger partial charge in [-0.15, -0.1) is 0 Å². The van der Waals surface area contributed by atoms with Gasteiger partial charge in [0.15, 0.2) is 12.5 Å². The maximum atomic E-state index is 11.0. The number of aliphatic hydroxyl groups excluding tert-OH is 4. The van der Waals surface area contributed by atoms with Crippen LogP contribution in [0.25, 0.3) is 0 Å². The first kappa shape index (κ1) is 9.20. The van der Waals surface area contributed by atoms with E-state index in [0.29, 0.717) is 9.80 Å². The third-order valence-corrected chi connectivity index (χ3v) is 1.70. The van der Waals surface area contributed by atoms with E-state index in [0.717, 1.165) is 0 Å². The van der Waals surface area contributed by atoms with Crippen molar-refractivity contribution in [1.82, 2.24) is 9.80 Å². The number of carbonyl (C=O) groups is 1. The van der Waals surface area contributed by atoms with E-state index in [4.69, 9.17) is 20.4 Å². The Balaban J connectivity index is 2.78. The largest absolute Gasteiger partial charge is 0.376 e. The zero-order valence-corrected chi connectivity index (χ0v) is 6.16. The van der Waals surface area contributed by atoms with Crippen LogP contribution in [-0.4, -0.2) is 62.2 Å². The molecule has 0 aromatic carbocycles. The quantitative estimate of drug-likeness (QED) is 0.367. The summed E-state index contributed by atoms with van der Waals surface area (Å²) in [7, 11) is 0. The minimum atomic E-state index is -1.49. The van der Waals surface area contributed by atoms with Crippen molar-refractivity contribution in [3.63, 3.8) is 0 Å². The van der Waals surface area contributed by atoms with Crippen LogP contribution in [0.2, 0.25) is 0 Å². The van der Waals surface area contributed by atoms with Crippen molar-refractivity contribution in [2.45, 2.75) is 12.5 Å². The van der Waals surface area contributed by atoms with Crippen molar-refractivity contribution in [3.05, 3.63) is 0 Å². The lowest BCUT2D eigenvalue weighted by atomic mass is 10.5. The molecule has 70 valence electrons. The maximum absolute atomic E-state index is 11.0. The highest BCUT2D eigenvalue weighted by Crippen LogP contribution is 2.17. The van der Waals surface area contributed by atoms with Gasteiger partial charge in [-0.05, 0) is 0 Å². The predicted octanol–water partition coefficient (Wildman–Crippen LogP) is -2.74. The predicted molar refractivity (Wildman–Crippen MR) is 35.3 cm³/mol. The molecule has 4 N–H and O–H groups in total. The number of aliphatic hydroxyl groups is 4. The molecule has 7 nitrogen and oxygen atoms in total. The Morgan fingerprint density at radius 2 is 1.42 bits per heavy atom. The second-order valence-corrected chi connectivity index (χ2v) is 2.33. The molecule has 0 radical (unpaired) electrons. The Kier molecular flexibility index (Phi) is 2.48. The summed E-state index contributed by atoms with van der Waals surface area (Å²) >= 11 is 0. The van der Waals surface area contributed by atoms with Crippen LogP contribution in [0.4, 0.5) is 4.79 Å². The molecular formula is C5H10N2O5. The highest BCUT2D eigenvalue weighted by molar-refractivity contribution is 5.76. The molecule has 1 rings (SSSR count). The molecular weight excluding hydrogens is 168 g/mol. The van der Waals surface area contributed by atoms with Crippen LogP contribution in [0, 0.1) is 0 Å². The van der Waals surface area contributed by atoms with E-state index in [1.165, 1.54) is 0 Å². The lowest BCUT2D eigenvalue weighted by molar-refractivity contribution is -0.0924. The second-order valence-electron chi connectivity index (χ2n) is 2.33. The summed E-state index contributed by atoms with van der Waals surface area (Å²) < 4.78 is 0. The van der Waals surface area contributed by atoms with Gasteiger partial charge in [0.2, 0.25) is 0 Å². The molecule has 1 aliphatic heterocycles. The molecule has 2 atom stereocenters. The number of rotatable bonds is 2. The van der Waals surface area contributed by atoms with Crippen LogP contribution in [0.3, 0.4) is 0 Å². The number of amides is 2. The Bertz CT molecular complexity index is 169. The fraction of sp³-hybridized carbons (Fsp3) is 0.800. The molecule has 0 aromatic rings. The number of urea groups is 1. The molecule has 1 aliphatic rings. The summed E-state index contributed by atoms with van der Waals surface area (Å²) in [5.41, 5.74) is 0. The average molecular weight is 178 g/mol. The standard InChI is InChI=1S/C5H10N2O5/c8-1-6-3(10)4(11)7(2-9)5(6)12/h3-4,8-11H,1-2H2. The van der Waals surface area contributed by atoms with Gasteiger partial charge < -0.3 is 20.4 Å². The van der Waals surface area contributed by atoms with Crippen molar-refractivity contribution < 1.29 is 25.2 Å². The molecule has 0 saturated carbocycles. The van der Waals surface area contributed by atoms with E-state index in [9.17, 15) is 4.79 Å². The van der Waals surface area contributed by atoms with Gasteiger partial charge in [-0.2, -0.15) is 0 Å². The molecule has 7 heteroatoms. The van der Waals surface area contributed by atoms with Gasteiger partial charge in [0.05, 0.1) is 0 Å². The molecule has 1 fully saturated rings. The second kappa shape index (κ2) is 3.23. The molecule has 1 heterocycles. The van der Waals surface area contributed by atoms with E-state index in [1.54, 1.807) is 0 Å². The maximum Gasteiger partial charge on any atom is 0.328 e. The number of hydrogen-bond donors (Lipinski definition) is 4. The molecule has 0 aliphatic carbocycles. The van der Waals surface area contributed by atoms with Crippen LogP contribution < -0.4 is 0 Å². The zero-order valence-electron chi connectivity index (χ0n) is 6.16. The Hall–Kier alpha value is -0.890. The molecule has 2 unspecified atom stereocenters. The van der Waals surface area contributed by atoms with Crippen LogP contribution in [-0.2, 0) is 0 Å². The Morgan fingerprint density at radius 3 is 1.58 bits per heavy atom. The lowest BCUT2D eigenvalue weighted by Gasteiger charge is -2.15. The first-order valence-electron chi connectivity index (χ1n) is 3.28. The summed E-state index contributed by atoms with van der Waals surface area (Å²) in [6.07, 6.45) is -2.98. The van der Waals surface area contributed by atoms with Crippen LogP contribution >= 0.6 is 0 Å². The van der Waals surface area contributed by atoms with Crippen molar-refractivity contribution in [2.24, 2.45) is 0 Å². The van der Waals surface area contributed by atoms with E-state index >= 15 is 0 Å². The van der Waals surface area contributed by atoms with Gasteiger partial charge in [-0.1, -0.05) is 0 Å². The first-order chi connectivity index (χ1) is 5.63. The molecule has 0 spiro atoms. The van der Waals surface area contributed by atoms with Gasteiger partial charge in [0.1, 0.15) is 13.5 Å². The smallest absolute Gasteiger partial charge is 0.328 e. The van der Waals surface area contributed by atoms with Gasteiger partial charge in [-0.25, -0.2) is 4.79 Å². The number of nitrogens with zero attached hydrogens (tertiary/aromatic N) is 2. The number of hydrogen-bond acceptors (Lipinski definition) is 5. The van der Waals surface area contributed by atoms with E-state index in [-0.39, 0.29) is 0 Å². The van der Waals surface area contributed by atoms with Gasteiger partial charge in [-0.3, -0.25) is 9.80 Å². The van der Waals surface area contributed by atoms with Gasteiger partial charge in [0, 0.05) is 0 Å². The summed E-state index contributed by atoms with van der Waals surface area (Å²) in [6, 6.07) is -0.806. The Morgan fingerprint density at radius 1 is 1.08 bits per heavy atom. The van der Waals surface area contributed by atoms with E-state index < -0.39 is 31.9 Å². The SMILES string of the molecule is O=C1N(CO)C(O)C(O)N1CO. The number of carbonyl (C=O) groups excluding carboxylic acids is 1.